The Morgan fingerprint density at radius 2 is 1.55 bits per heavy atom. The van der Waals surface area contributed by atoms with E-state index in [1.165, 1.54) is 0 Å². The summed E-state index contributed by atoms with van der Waals surface area (Å²) in [5.41, 5.74) is -1.28. The number of rotatable bonds is 5. The molecule has 0 unspecified atom stereocenters. The summed E-state index contributed by atoms with van der Waals surface area (Å²) >= 11 is 1.06. The Balaban J connectivity index is 4.95. The van der Waals surface area contributed by atoms with Gasteiger partial charge in [-0.25, -0.2) is 9.59 Å². The van der Waals surface area contributed by atoms with Gasteiger partial charge in [-0.15, -0.1) is 11.8 Å². The molecule has 0 aromatic heterocycles. The predicted molar refractivity (Wildman–Crippen MR) is 79.3 cm³/mol. The molecule has 0 spiro atoms. The SMILES string of the molecule is CC(C)(C)OC(=O)/C=C(/SCCO)C(=O)OC(C)(C)C. The zero-order chi connectivity index (χ0) is 16.0. The molecule has 0 saturated heterocycles. The molecule has 0 aromatic carbocycles. The van der Waals surface area contributed by atoms with Gasteiger partial charge in [-0.3, -0.25) is 0 Å². The molecule has 116 valence electrons. The fourth-order valence-corrected chi connectivity index (χ4v) is 1.73. The third-order valence-electron chi connectivity index (χ3n) is 1.60. The second kappa shape index (κ2) is 7.69. The van der Waals surface area contributed by atoms with E-state index in [9.17, 15) is 9.59 Å². The maximum atomic E-state index is 12.0. The smallest absolute Gasteiger partial charge is 0.345 e. The quantitative estimate of drug-likeness (QED) is 0.620. The van der Waals surface area contributed by atoms with Crippen molar-refractivity contribution in [3.8, 4) is 0 Å². The first-order valence-electron chi connectivity index (χ1n) is 6.36. The summed E-state index contributed by atoms with van der Waals surface area (Å²) in [5.74, 6) is -0.904. The van der Waals surface area contributed by atoms with Crippen LogP contribution in [0.3, 0.4) is 0 Å². The van der Waals surface area contributed by atoms with Crippen LogP contribution in [0.4, 0.5) is 0 Å². The topological polar surface area (TPSA) is 72.8 Å². The van der Waals surface area contributed by atoms with Crippen LogP contribution in [0.15, 0.2) is 11.0 Å². The number of thioether (sulfide) groups is 1. The van der Waals surface area contributed by atoms with E-state index >= 15 is 0 Å². The summed E-state index contributed by atoms with van der Waals surface area (Å²) < 4.78 is 10.3. The van der Waals surface area contributed by atoms with Crippen LogP contribution in [0.25, 0.3) is 0 Å². The van der Waals surface area contributed by atoms with Crippen LogP contribution in [-0.4, -0.2) is 40.6 Å². The fourth-order valence-electron chi connectivity index (χ4n) is 1.08. The second-order valence-corrected chi connectivity index (χ2v) is 7.25. The van der Waals surface area contributed by atoms with Crippen molar-refractivity contribution in [2.75, 3.05) is 12.4 Å². The standard InChI is InChI=1S/C14H24O5S/c1-13(2,3)18-11(16)9-10(20-8-7-15)12(17)19-14(4,5)6/h9,15H,7-8H2,1-6H3/b10-9+. The molecule has 0 atom stereocenters. The van der Waals surface area contributed by atoms with Gasteiger partial charge in [-0.05, 0) is 41.5 Å². The number of esters is 2. The molecule has 0 bridgehead atoms. The molecule has 0 heterocycles. The molecule has 0 rings (SSSR count). The van der Waals surface area contributed by atoms with Gasteiger partial charge in [0.15, 0.2) is 0 Å². The molecule has 1 N–H and O–H groups in total. The maximum Gasteiger partial charge on any atom is 0.345 e. The van der Waals surface area contributed by atoms with Gasteiger partial charge >= 0.3 is 11.9 Å². The maximum absolute atomic E-state index is 12.0. The molecular formula is C14H24O5S. The zero-order valence-corrected chi connectivity index (χ0v) is 13.8. The number of carbonyl (C=O) groups is 2. The lowest BCUT2D eigenvalue weighted by Gasteiger charge is -2.21. The number of ether oxygens (including phenoxy) is 2. The highest BCUT2D eigenvalue weighted by atomic mass is 32.2. The molecular weight excluding hydrogens is 280 g/mol. The number of aliphatic hydroxyl groups excluding tert-OH is 1. The van der Waals surface area contributed by atoms with Gasteiger partial charge in [-0.2, -0.15) is 0 Å². The normalized spacial score (nSPS) is 13.1. The highest BCUT2D eigenvalue weighted by Gasteiger charge is 2.22. The van der Waals surface area contributed by atoms with Crippen molar-refractivity contribution in [2.24, 2.45) is 0 Å². The van der Waals surface area contributed by atoms with Crippen LogP contribution in [0.2, 0.25) is 0 Å². The van der Waals surface area contributed by atoms with Gasteiger partial charge in [0.1, 0.15) is 11.2 Å². The lowest BCUT2D eigenvalue weighted by Crippen LogP contribution is -2.26. The molecule has 0 aliphatic heterocycles. The molecule has 0 fully saturated rings. The van der Waals surface area contributed by atoms with Gasteiger partial charge in [-0.1, -0.05) is 0 Å². The van der Waals surface area contributed by atoms with Gasteiger partial charge in [0.25, 0.3) is 0 Å². The molecule has 0 aromatic rings. The number of aliphatic hydroxyl groups is 1. The number of hydrogen-bond donors (Lipinski definition) is 1. The fraction of sp³-hybridized carbons (Fsp3) is 0.714. The largest absolute Gasteiger partial charge is 0.457 e. The molecule has 0 radical (unpaired) electrons. The Morgan fingerprint density at radius 1 is 1.05 bits per heavy atom. The van der Waals surface area contributed by atoms with Gasteiger partial charge < -0.3 is 14.6 Å². The minimum Gasteiger partial charge on any atom is -0.457 e. The Morgan fingerprint density at radius 3 is 1.95 bits per heavy atom. The van der Waals surface area contributed by atoms with Gasteiger partial charge in [0, 0.05) is 11.8 Å². The lowest BCUT2D eigenvalue weighted by atomic mass is 10.2. The van der Waals surface area contributed by atoms with E-state index in [1.807, 2.05) is 0 Å². The third kappa shape index (κ3) is 9.86. The van der Waals surface area contributed by atoms with Crippen molar-refractivity contribution in [1.29, 1.82) is 0 Å². The molecule has 0 saturated carbocycles. The van der Waals surface area contributed by atoms with Crippen molar-refractivity contribution < 1.29 is 24.2 Å². The van der Waals surface area contributed by atoms with Crippen LogP contribution < -0.4 is 0 Å². The molecule has 0 amide bonds. The van der Waals surface area contributed by atoms with E-state index in [0.29, 0.717) is 5.75 Å². The Bertz CT molecular complexity index is 374. The monoisotopic (exact) mass is 304 g/mol. The van der Waals surface area contributed by atoms with E-state index in [1.54, 1.807) is 41.5 Å². The molecule has 5 nitrogen and oxygen atoms in total. The number of carbonyl (C=O) groups excluding carboxylic acids is 2. The van der Waals surface area contributed by atoms with Crippen LogP contribution in [0.5, 0.6) is 0 Å². The number of hydrogen-bond acceptors (Lipinski definition) is 6. The van der Waals surface area contributed by atoms with E-state index in [-0.39, 0.29) is 11.5 Å². The summed E-state index contributed by atoms with van der Waals surface area (Å²) in [5, 5.41) is 8.83. The first-order chi connectivity index (χ1) is 8.94. The Hall–Kier alpha value is -1.01. The molecule has 20 heavy (non-hydrogen) atoms. The third-order valence-corrected chi connectivity index (χ3v) is 2.59. The average molecular weight is 304 g/mol. The van der Waals surface area contributed by atoms with Crippen LogP contribution in [0, 0.1) is 0 Å². The van der Waals surface area contributed by atoms with E-state index in [0.717, 1.165) is 17.8 Å². The minimum absolute atomic E-state index is 0.0981. The Labute approximate surface area is 124 Å². The minimum atomic E-state index is -0.649. The molecule has 0 aliphatic rings. The summed E-state index contributed by atoms with van der Waals surface area (Å²) in [7, 11) is 0. The summed E-state index contributed by atoms with van der Waals surface area (Å²) in [6.07, 6.45) is 1.11. The van der Waals surface area contributed by atoms with Crippen molar-refractivity contribution >= 4 is 23.7 Å². The summed E-state index contributed by atoms with van der Waals surface area (Å²) in [4.78, 5) is 23.8. The van der Waals surface area contributed by atoms with Gasteiger partial charge in [0.2, 0.25) is 0 Å². The summed E-state index contributed by atoms with van der Waals surface area (Å²) in [6.45, 7) is 10.4. The molecule has 6 heteroatoms. The highest BCUT2D eigenvalue weighted by Crippen LogP contribution is 2.21. The molecule has 0 aliphatic carbocycles. The highest BCUT2D eigenvalue weighted by molar-refractivity contribution is 8.04. The van der Waals surface area contributed by atoms with Crippen LogP contribution >= 0.6 is 11.8 Å². The Kier molecular flexibility index (Phi) is 7.30. The van der Waals surface area contributed by atoms with Crippen LogP contribution in [0.1, 0.15) is 41.5 Å². The van der Waals surface area contributed by atoms with Gasteiger partial charge in [0.05, 0.1) is 11.5 Å². The van der Waals surface area contributed by atoms with E-state index in [2.05, 4.69) is 0 Å². The second-order valence-electron chi connectivity index (χ2n) is 6.12. The summed E-state index contributed by atoms with van der Waals surface area (Å²) in [6, 6.07) is 0. The lowest BCUT2D eigenvalue weighted by molar-refractivity contribution is -0.151. The van der Waals surface area contributed by atoms with Crippen molar-refractivity contribution in [1.82, 2.24) is 0 Å². The van der Waals surface area contributed by atoms with Crippen LogP contribution in [-0.2, 0) is 19.1 Å². The van der Waals surface area contributed by atoms with Crippen molar-refractivity contribution in [2.45, 2.75) is 52.7 Å². The zero-order valence-electron chi connectivity index (χ0n) is 13.0. The first kappa shape index (κ1) is 19.0. The van der Waals surface area contributed by atoms with E-state index < -0.39 is 23.1 Å². The average Bonchev–Trinajstić information content (AvgIpc) is 2.18. The van der Waals surface area contributed by atoms with Crippen molar-refractivity contribution in [3.05, 3.63) is 11.0 Å². The van der Waals surface area contributed by atoms with E-state index in [4.69, 9.17) is 14.6 Å². The predicted octanol–water partition coefficient (Wildman–Crippen LogP) is 2.28. The van der Waals surface area contributed by atoms with Crippen molar-refractivity contribution in [3.63, 3.8) is 0 Å². The first-order valence-corrected chi connectivity index (χ1v) is 7.35.